The van der Waals surface area contributed by atoms with Crippen LogP contribution in [0.3, 0.4) is 0 Å². The molecule has 1 rings (SSSR count). The molecule has 17 heavy (non-hydrogen) atoms. The van der Waals surface area contributed by atoms with Crippen LogP contribution in [-0.4, -0.2) is 38.6 Å². The maximum atomic E-state index is 12.9. The van der Waals surface area contributed by atoms with Gasteiger partial charge in [0, 0.05) is 0 Å². The number of hydrogen-bond donors (Lipinski definition) is 1. The summed E-state index contributed by atoms with van der Waals surface area (Å²) < 4.78 is 12.9. The summed E-state index contributed by atoms with van der Waals surface area (Å²) in [6.45, 7) is 5.07. The maximum absolute atomic E-state index is 12.9. The van der Waals surface area contributed by atoms with E-state index in [1.54, 1.807) is 6.07 Å². The first-order chi connectivity index (χ1) is 8.09. The molecule has 1 aromatic carbocycles. The Labute approximate surface area is 104 Å². The van der Waals surface area contributed by atoms with E-state index in [2.05, 4.69) is 24.3 Å². The fraction of sp³-hybridized carbons (Fsp3) is 0.571. The van der Waals surface area contributed by atoms with Crippen molar-refractivity contribution in [2.24, 2.45) is 0 Å². The minimum Gasteiger partial charge on any atom is -0.316 e. The van der Waals surface area contributed by atoms with Crippen LogP contribution in [0, 0.1) is 12.7 Å². The van der Waals surface area contributed by atoms with E-state index in [0.717, 1.165) is 38.0 Å². The summed E-state index contributed by atoms with van der Waals surface area (Å²) in [6, 6.07) is 5.02. The highest BCUT2D eigenvalue weighted by atomic mass is 19.1. The SMILES string of the molecule is Cc1cc(F)ccc1CCNCCCN(C)C. The highest BCUT2D eigenvalue weighted by Gasteiger charge is 1.99. The molecular formula is C14H23FN2. The topological polar surface area (TPSA) is 15.3 Å². The van der Waals surface area contributed by atoms with Gasteiger partial charge in [0.05, 0.1) is 0 Å². The maximum Gasteiger partial charge on any atom is 0.123 e. The second kappa shape index (κ2) is 7.41. The lowest BCUT2D eigenvalue weighted by atomic mass is 10.1. The van der Waals surface area contributed by atoms with Gasteiger partial charge < -0.3 is 10.2 Å². The van der Waals surface area contributed by atoms with Crippen LogP contribution in [0.25, 0.3) is 0 Å². The van der Waals surface area contributed by atoms with Crippen molar-refractivity contribution < 1.29 is 4.39 Å². The number of nitrogens with one attached hydrogen (secondary N) is 1. The van der Waals surface area contributed by atoms with E-state index in [-0.39, 0.29) is 5.82 Å². The fourth-order valence-corrected chi connectivity index (χ4v) is 1.81. The van der Waals surface area contributed by atoms with Crippen molar-refractivity contribution in [1.82, 2.24) is 10.2 Å². The third-order valence-corrected chi connectivity index (χ3v) is 2.83. The van der Waals surface area contributed by atoms with Crippen LogP contribution < -0.4 is 5.32 Å². The Hall–Kier alpha value is -0.930. The van der Waals surface area contributed by atoms with Gasteiger partial charge in [-0.3, -0.25) is 0 Å². The molecule has 0 radical (unpaired) electrons. The molecule has 96 valence electrons. The molecule has 0 bridgehead atoms. The van der Waals surface area contributed by atoms with Crippen LogP contribution in [0.2, 0.25) is 0 Å². The van der Waals surface area contributed by atoms with Crippen LogP contribution in [-0.2, 0) is 6.42 Å². The van der Waals surface area contributed by atoms with Gasteiger partial charge in [0.2, 0.25) is 0 Å². The number of rotatable bonds is 7. The minimum absolute atomic E-state index is 0.148. The van der Waals surface area contributed by atoms with Crippen molar-refractivity contribution in [2.75, 3.05) is 33.7 Å². The van der Waals surface area contributed by atoms with Crippen molar-refractivity contribution >= 4 is 0 Å². The molecule has 0 aliphatic carbocycles. The molecule has 0 heterocycles. The summed E-state index contributed by atoms with van der Waals surface area (Å²) in [4.78, 5) is 2.19. The molecule has 0 unspecified atom stereocenters. The summed E-state index contributed by atoms with van der Waals surface area (Å²) in [6.07, 6.45) is 2.13. The van der Waals surface area contributed by atoms with Crippen molar-refractivity contribution in [3.8, 4) is 0 Å². The zero-order chi connectivity index (χ0) is 12.7. The molecule has 0 saturated heterocycles. The molecule has 0 aliphatic heterocycles. The highest BCUT2D eigenvalue weighted by molar-refractivity contribution is 5.26. The average Bonchev–Trinajstić information content (AvgIpc) is 2.25. The van der Waals surface area contributed by atoms with Gasteiger partial charge in [0.15, 0.2) is 0 Å². The largest absolute Gasteiger partial charge is 0.316 e. The van der Waals surface area contributed by atoms with Crippen molar-refractivity contribution in [2.45, 2.75) is 19.8 Å². The summed E-state index contributed by atoms with van der Waals surface area (Å²) in [5.74, 6) is -0.148. The zero-order valence-corrected chi connectivity index (χ0v) is 11.1. The summed E-state index contributed by atoms with van der Waals surface area (Å²) >= 11 is 0. The van der Waals surface area contributed by atoms with Crippen LogP contribution in [0.1, 0.15) is 17.5 Å². The number of halogens is 1. The van der Waals surface area contributed by atoms with Crippen LogP contribution in [0.4, 0.5) is 4.39 Å². The highest BCUT2D eigenvalue weighted by Crippen LogP contribution is 2.10. The van der Waals surface area contributed by atoms with E-state index < -0.39 is 0 Å². The van der Waals surface area contributed by atoms with Gasteiger partial charge >= 0.3 is 0 Å². The van der Waals surface area contributed by atoms with E-state index in [1.165, 1.54) is 11.6 Å². The van der Waals surface area contributed by atoms with Crippen LogP contribution >= 0.6 is 0 Å². The lowest BCUT2D eigenvalue weighted by Gasteiger charge is -2.10. The van der Waals surface area contributed by atoms with E-state index in [9.17, 15) is 4.39 Å². The predicted molar refractivity (Wildman–Crippen MR) is 70.9 cm³/mol. The third kappa shape index (κ3) is 5.80. The lowest BCUT2D eigenvalue weighted by molar-refractivity contribution is 0.395. The summed E-state index contributed by atoms with van der Waals surface area (Å²) in [5.41, 5.74) is 2.27. The molecule has 1 aromatic rings. The molecular weight excluding hydrogens is 215 g/mol. The third-order valence-electron chi connectivity index (χ3n) is 2.83. The standard InChI is InChI=1S/C14H23FN2/c1-12-11-14(15)6-5-13(12)7-9-16-8-4-10-17(2)3/h5-6,11,16H,4,7-10H2,1-3H3. The van der Waals surface area contributed by atoms with Gasteiger partial charge in [0.25, 0.3) is 0 Å². The van der Waals surface area contributed by atoms with Gasteiger partial charge in [-0.25, -0.2) is 4.39 Å². The van der Waals surface area contributed by atoms with Crippen molar-refractivity contribution in [3.63, 3.8) is 0 Å². The second-order valence-electron chi connectivity index (χ2n) is 4.73. The number of hydrogen-bond acceptors (Lipinski definition) is 2. The van der Waals surface area contributed by atoms with Crippen LogP contribution in [0.5, 0.6) is 0 Å². The molecule has 0 aromatic heterocycles. The number of nitrogens with zero attached hydrogens (tertiary/aromatic N) is 1. The van der Waals surface area contributed by atoms with Gasteiger partial charge in [-0.15, -0.1) is 0 Å². The van der Waals surface area contributed by atoms with Gasteiger partial charge in [-0.05, 0) is 76.8 Å². The average molecular weight is 238 g/mol. The molecule has 0 saturated carbocycles. The Morgan fingerprint density at radius 1 is 1.24 bits per heavy atom. The van der Waals surface area contributed by atoms with Crippen molar-refractivity contribution in [1.29, 1.82) is 0 Å². The van der Waals surface area contributed by atoms with Gasteiger partial charge in [-0.2, -0.15) is 0 Å². The van der Waals surface area contributed by atoms with Crippen molar-refractivity contribution in [3.05, 3.63) is 35.1 Å². The van der Waals surface area contributed by atoms with Gasteiger partial charge in [0.1, 0.15) is 5.82 Å². The first-order valence-corrected chi connectivity index (χ1v) is 6.20. The quantitative estimate of drug-likeness (QED) is 0.733. The lowest BCUT2D eigenvalue weighted by Crippen LogP contribution is -2.23. The van der Waals surface area contributed by atoms with Crippen LogP contribution in [0.15, 0.2) is 18.2 Å². The van der Waals surface area contributed by atoms with E-state index in [1.807, 2.05) is 13.0 Å². The van der Waals surface area contributed by atoms with E-state index in [4.69, 9.17) is 0 Å². The first-order valence-electron chi connectivity index (χ1n) is 6.20. The normalized spacial score (nSPS) is 11.1. The molecule has 1 N–H and O–H groups in total. The Morgan fingerprint density at radius 3 is 2.65 bits per heavy atom. The van der Waals surface area contributed by atoms with Gasteiger partial charge in [-0.1, -0.05) is 6.07 Å². The molecule has 2 nitrogen and oxygen atoms in total. The second-order valence-corrected chi connectivity index (χ2v) is 4.73. The minimum atomic E-state index is -0.148. The molecule has 3 heteroatoms. The zero-order valence-electron chi connectivity index (χ0n) is 11.1. The molecule has 0 atom stereocenters. The first kappa shape index (κ1) is 14.1. The molecule has 0 aliphatic rings. The Morgan fingerprint density at radius 2 is 2.00 bits per heavy atom. The molecule has 0 spiro atoms. The number of benzene rings is 1. The monoisotopic (exact) mass is 238 g/mol. The summed E-state index contributed by atoms with van der Waals surface area (Å²) in [5, 5.41) is 3.41. The predicted octanol–water partition coefficient (Wildman–Crippen LogP) is 2.22. The fourth-order valence-electron chi connectivity index (χ4n) is 1.81. The Bertz CT molecular complexity index is 337. The van der Waals surface area contributed by atoms with E-state index >= 15 is 0 Å². The molecule has 0 fully saturated rings. The summed E-state index contributed by atoms with van der Waals surface area (Å²) in [7, 11) is 4.17. The number of aryl methyl sites for hydroxylation is 1. The molecule has 0 amide bonds. The Balaban J connectivity index is 2.18. The smallest absolute Gasteiger partial charge is 0.123 e. The Kier molecular flexibility index (Phi) is 6.16. The van der Waals surface area contributed by atoms with E-state index in [0.29, 0.717) is 0 Å².